The second kappa shape index (κ2) is 7.17. The highest BCUT2D eigenvalue weighted by molar-refractivity contribution is 7.99. The van der Waals surface area contributed by atoms with Crippen LogP contribution in [0.4, 0.5) is 0 Å². The first-order chi connectivity index (χ1) is 9.27. The Kier molecular flexibility index (Phi) is 5.55. The van der Waals surface area contributed by atoms with E-state index < -0.39 is 5.54 Å². The first-order valence-electron chi connectivity index (χ1n) is 7.37. The Labute approximate surface area is 119 Å². The smallest absolute Gasteiger partial charge is 0.246 e. The molecule has 2 aliphatic rings. The number of carbonyl (C=O) groups excluding carboxylic acids is 2. The molecule has 2 N–H and O–H groups in total. The van der Waals surface area contributed by atoms with Gasteiger partial charge in [0.2, 0.25) is 12.3 Å². The van der Waals surface area contributed by atoms with Gasteiger partial charge in [0, 0.05) is 6.04 Å². The van der Waals surface area contributed by atoms with Crippen molar-refractivity contribution in [3.63, 3.8) is 0 Å². The van der Waals surface area contributed by atoms with Crippen LogP contribution in [0.5, 0.6) is 0 Å². The van der Waals surface area contributed by atoms with Crippen LogP contribution >= 0.6 is 11.8 Å². The number of rotatable bonds is 4. The van der Waals surface area contributed by atoms with E-state index in [1.165, 1.54) is 25.7 Å². The maximum atomic E-state index is 12.5. The number of hydrogen-bond donors (Lipinski definition) is 2. The molecule has 5 heteroatoms. The van der Waals surface area contributed by atoms with E-state index in [1.807, 2.05) is 11.8 Å². The van der Waals surface area contributed by atoms with Crippen molar-refractivity contribution in [2.75, 3.05) is 11.5 Å². The van der Waals surface area contributed by atoms with E-state index in [4.69, 9.17) is 0 Å². The van der Waals surface area contributed by atoms with Gasteiger partial charge in [-0.25, -0.2) is 0 Å². The predicted molar refractivity (Wildman–Crippen MR) is 78.1 cm³/mol. The van der Waals surface area contributed by atoms with Gasteiger partial charge in [-0.15, -0.1) is 0 Å². The summed E-state index contributed by atoms with van der Waals surface area (Å²) in [6.45, 7) is 0. The van der Waals surface area contributed by atoms with Gasteiger partial charge in [-0.05, 0) is 37.2 Å². The van der Waals surface area contributed by atoms with Crippen LogP contribution in [-0.4, -0.2) is 35.4 Å². The van der Waals surface area contributed by atoms with Crippen molar-refractivity contribution < 1.29 is 9.59 Å². The van der Waals surface area contributed by atoms with Gasteiger partial charge in [-0.3, -0.25) is 9.59 Å². The highest BCUT2D eigenvalue weighted by atomic mass is 32.2. The van der Waals surface area contributed by atoms with Gasteiger partial charge in [-0.2, -0.15) is 11.8 Å². The minimum Gasteiger partial charge on any atom is -0.351 e. The molecule has 2 amide bonds. The van der Waals surface area contributed by atoms with E-state index in [1.54, 1.807) is 0 Å². The van der Waals surface area contributed by atoms with E-state index in [9.17, 15) is 9.59 Å². The normalized spacial score (nSPS) is 24.2. The van der Waals surface area contributed by atoms with E-state index in [-0.39, 0.29) is 5.91 Å². The van der Waals surface area contributed by atoms with E-state index in [0.717, 1.165) is 37.2 Å². The molecule has 108 valence electrons. The summed E-state index contributed by atoms with van der Waals surface area (Å²) < 4.78 is 0. The number of amides is 2. The monoisotopic (exact) mass is 284 g/mol. The number of carbonyl (C=O) groups is 2. The zero-order valence-electron chi connectivity index (χ0n) is 11.5. The first kappa shape index (κ1) is 14.7. The van der Waals surface area contributed by atoms with Gasteiger partial charge >= 0.3 is 0 Å². The molecule has 0 spiro atoms. The van der Waals surface area contributed by atoms with Crippen molar-refractivity contribution in [1.82, 2.24) is 10.6 Å². The van der Waals surface area contributed by atoms with Crippen LogP contribution < -0.4 is 10.6 Å². The van der Waals surface area contributed by atoms with Crippen LogP contribution in [0.1, 0.15) is 51.4 Å². The lowest BCUT2D eigenvalue weighted by atomic mass is 9.90. The van der Waals surface area contributed by atoms with Gasteiger partial charge in [0.15, 0.2) is 0 Å². The van der Waals surface area contributed by atoms with Gasteiger partial charge < -0.3 is 10.6 Å². The van der Waals surface area contributed by atoms with Crippen molar-refractivity contribution >= 4 is 24.1 Å². The Balaban J connectivity index is 1.96. The van der Waals surface area contributed by atoms with Crippen LogP contribution in [0, 0.1) is 0 Å². The summed E-state index contributed by atoms with van der Waals surface area (Å²) in [6, 6.07) is 0.301. The molecule has 0 unspecified atom stereocenters. The molecule has 1 heterocycles. The summed E-state index contributed by atoms with van der Waals surface area (Å²) in [5.74, 6) is 1.92. The minimum atomic E-state index is -0.653. The third-order valence-corrected chi connectivity index (χ3v) is 5.29. The van der Waals surface area contributed by atoms with Crippen molar-refractivity contribution in [3.05, 3.63) is 0 Å². The summed E-state index contributed by atoms with van der Waals surface area (Å²) in [4.78, 5) is 23.4. The van der Waals surface area contributed by atoms with Crippen molar-refractivity contribution in [3.8, 4) is 0 Å². The van der Waals surface area contributed by atoms with E-state index in [0.29, 0.717) is 12.5 Å². The molecule has 2 fully saturated rings. The molecule has 19 heavy (non-hydrogen) atoms. The van der Waals surface area contributed by atoms with Crippen LogP contribution in [-0.2, 0) is 9.59 Å². The van der Waals surface area contributed by atoms with E-state index >= 15 is 0 Å². The van der Waals surface area contributed by atoms with Crippen molar-refractivity contribution in [2.24, 2.45) is 0 Å². The van der Waals surface area contributed by atoms with Crippen LogP contribution in [0.2, 0.25) is 0 Å². The Morgan fingerprint density at radius 1 is 1.11 bits per heavy atom. The average molecular weight is 284 g/mol. The lowest BCUT2D eigenvalue weighted by Gasteiger charge is -2.36. The second-order valence-electron chi connectivity index (χ2n) is 5.62. The SMILES string of the molecule is O=CNC1(C(=O)NC2CCCCCC2)CCSCC1. The second-order valence-corrected chi connectivity index (χ2v) is 6.84. The number of thioether (sulfide) groups is 1. The van der Waals surface area contributed by atoms with Crippen LogP contribution in [0.15, 0.2) is 0 Å². The fourth-order valence-electron chi connectivity index (χ4n) is 3.02. The van der Waals surface area contributed by atoms with Gasteiger partial charge in [-0.1, -0.05) is 25.7 Å². The topological polar surface area (TPSA) is 58.2 Å². The summed E-state index contributed by atoms with van der Waals surface area (Å²) in [5, 5.41) is 5.98. The molecule has 0 aromatic carbocycles. The molecule has 0 aromatic rings. The fourth-order valence-corrected chi connectivity index (χ4v) is 4.21. The van der Waals surface area contributed by atoms with Gasteiger partial charge in [0.05, 0.1) is 0 Å². The Bertz CT molecular complexity index is 309. The molecule has 0 bridgehead atoms. The summed E-state index contributed by atoms with van der Waals surface area (Å²) >= 11 is 1.85. The van der Waals surface area contributed by atoms with E-state index in [2.05, 4.69) is 10.6 Å². The largest absolute Gasteiger partial charge is 0.351 e. The van der Waals surface area contributed by atoms with Crippen molar-refractivity contribution in [1.29, 1.82) is 0 Å². The summed E-state index contributed by atoms with van der Waals surface area (Å²) in [6.07, 6.45) is 9.30. The van der Waals surface area contributed by atoms with Gasteiger partial charge in [0.25, 0.3) is 0 Å². The van der Waals surface area contributed by atoms with Crippen LogP contribution in [0.3, 0.4) is 0 Å². The maximum absolute atomic E-state index is 12.5. The third-order valence-electron chi connectivity index (χ3n) is 4.31. The molecule has 1 saturated carbocycles. The number of hydrogen-bond acceptors (Lipinski definition) is 3. The highest BCUT2D eigenvalue weighted by Crippen LogP contribution is 2.28. The molecular weight excluding hydrogens is 260 g/mol. The Morgan fingerprint density at radius 3 is 2.32 bits per heavy atom. The molecule has 0 aromatic heterocycles. The Hall–Kier alpha value is -0.710. The van der Waals surface area contributed by atoms with Crippen LogP contribution in [0.25, 0.3) is 0 Å². The quantitative estimate of drug-likeness (QED) is 0.612. The average Bonchev–Trinajstić information content (AvgIpc) is 2.69. The number of nitrogens with one attached hydrogen (secondary N) is 2. The molecule has 0 atom stereocenters. The van der Waals surface area contributed by atoms with Gasteiger partial charge in [0.1, 0.15) is 5.54 Å². The Morgan fingerprint density at radius 2 is 1.74 bits per heavy atom. The predicted octanol–water partition coefficient (Wildman–Crippen LogP) is 1.84. The molecule has 1 aliphatic heterocycles. The fraction of sp³-hybridized carbons (Fsp3) is 0.857. The molecule has 1 saturated heterocycles. The summed E-state index contributed by atoms with van der Waals surface area (Å²) in [5.41, 5.74) is -0.653. The highest BCUT2D eigenvalue weighted by Gasteiger charge is 2.40. The van der Waals surface area contributed by atoms with Crippen molar-refractivity contribution in [2.45, 2.75) is 62.9 Å². The lowest BCUT2D eigenvalue weighted by Crippen LogP contribution is -2.60. The molecule has 2 rings (SSSR count). The zero-order chi connectivity index (χ0) is 13.6. The molecule has 0 radical (unpaired) electrons. The first-order valence-corrected chi connectivity index (χ1v) is 8.52. The zero-order valence-corrected chi connectivity index (χ0v) is 12.3. The maximum Gasteiger partial charge on any atom is 0.246 e. The third kappa shape index (κ3) is 3.88. The standard InChI is InChI=1S/C14H24N2O2S/c17-11-15-14(7-9-19-10-8-14)13(18)16-12-5-3-1-2-4-6-12/h11-12H,1-10H2,(H,15,17)(H,16,18). The summed E-state index contributed by atoms with van der Waals surface area (Å²) in [7, 11) is 0. The molecular formula is C14H24N2O2S. The molecule has 4 nitrogen and oxygen atoms in total. The minimum absolute atomic E-state index is 0.0341. The molecule has 1 aliphatic carbocycles. The lowest BCUT2D eigenvalue weighted by molar-refractivity contribution is -0.131.